The van der Waals surface area contributed by atoms with Crippen molar-refractivity contribution in [3.63, 3.8) is 0 Å². The quantitative estimate of drug-likeness (QED) is 0.471. The third-order valence-electron chi connectivity index (χ3n) is 0.239. The lowest BCUT2D eigenvalue weighted by Gasteiger charge is -1.85. The molecule has 0 aromatic carbocycles. The summed E-state index contributed by atoms with van der Waals surface area (Å²) >= 11 is 0. The van der Waals surface area contributed by atoms with Gasteiger partial charge in [0.1, 0.15) is 0 Å². The summed E-state index contributed by atoms with van der Waals surface area (Å²) in [4.78, 5) is 0. The van der Waals surface area contributed by atoms with Gasteiger partial charge in [-0.05, 0) is 6.92 Å². The average Bonchev–Trinajstić information content (AvgIpc) is 1.38. The fourth-order valence-electron chi connectivity index (χ4n) is 0. The van der Waals surface area contributed by atoms with E-state index in [0.717, 1.165) is 0 Å². The van der Waals surface area contributed by atoms with E-state index in [0.29, 0.717) is 0 Å². The molecule has 0 saturated heterocycles. The molecule has 1 nitrogen and oxygen atoms in total. The van der Waals surface area contributed by atoms with Gasteiger partial charge in [0.2, 0.25) is 0 Å². The largest absolute Gasteiger partial charge is 0.147 e. The maximum atomic E-state index is 10.6. The molecule has 0 N–H and O–H groups in total. The smallest absolute Gasteiger partial charge is 0.0591 e. The minimum Gasteiger partial charge on any atom is -0.147 e. The average molecular weight is 118 g/mol. The molecule has 0 aromatic heterocycles. The van der Waals surface area contributed by atoms with Crippen molar-refractivity contribution in [1.29, 1.82) is 0 Å². The zero-order valence-electron chi connectivity index (χ0n) is 3.32. The van der Waals surface area contributed by atoms with Crippen LogP contribution >= 0.6 is 12.4 Å². The Hall–Kier alpha value is 0.110. The molecule has 0 unspecified atom stereocenters. The van der Waals surface area contributed by atoms with Gasteiger partial charge in [-0.25, -0.2) is 0 Å². The second kappa shape index (κ2) is 5.11. The summed E-state index contributed by atoms with van der Waals surface area (Å²) in [7, 11) is 0. The lowest BCUT2D eigenvalue weighted by molar-refractivity contribution is -0.148. The molecule has 0 aliphatic rings. The van der Waals surface area contributed by atoms with Gasteiger partial charge in [0.15, 0.2) is 0 Å². The van der Waals surface area contributed by atoms with Crippen LogP contribution in [0.5, 0.6) is 0 Å². The lowest BCUT2D eigenvalue weighted by atomic mass is 10.8. The van der Waals surface area contributed by atoms with E-state index in [4.69, 9.17) is 0 Å². The highest BCUT2D eigenvalue weighted by Crippen LogP contribution is 1.82. The Morgan fingerprint density at radius 2 is 1.67 bits per heavy atom. The summed E-state index contributed by atoms with van der Waals surface area (Å²) in [6, 6.07) is 0. The highest BCUT2D eigenvalue weighted by atomic mass is 35.5. The van der Waals surface area contributed by atoms with Crippen LogP contribution in [0.3, 0.4) is 0 Å². The number of halogens is 3. The molecule has 0 atom stereocenters. The van der Waals surface area contributed by atoms with Crippen LogP contribution in [-0.4, -0.2) is 11.9 Å². The molecule has 0 radical (unpaired) electrons. The molecule has 0 spiro atoms. The van der Waals surface area contributed by atoms with E-state index >= 15 is 0 Å². The molecule has 0 aliphatic carbocycles. The molecule has 4 heteroatoms. The monoisotopic (exact) mass is 117 g/mol. The molecule has 0 fully saturated rings. The van der Waals surface area contributed by atoms with Gasteiger partial charge in [0.25, 0.3) is 0 Å². The van der Waals surface area contributed by atoms with Crippen LogP contribution in [0.15, 0.2) is 0 Å². The highest BCUT2D eigenvalue weighted by molar-refractivity contribution is 5.85. The molecule has 40 valence electrons. The number of nitrogens with zero attached hydrogens (tertiary/aromatic N) is 1. The number of hydrogen-bond acceptors (Lipinski definition) is 1. The van der Waals surface area contributed by atoms with E-state index < -0.39 is 5.34 Å². The zero-order valence-corrected chi connectivity index (χ0v) is 4.13. The SMILES string of the molecule is CCN(F)F.Cl. The Labute approximate surface area is 41.2 Å². The van der Waals surface area contributed by atoms with Crippen molar-refractivity contribution >= 4 is 12.4 Å². The summed E-state index contributed by atoms with van der Waals surface area (Å²) < 4.78 is 21.2. The Morgan fingerprint density at radius 3 is 1.67 bits per heavy atom. The van der Waals surface area contributed by atoms with Crippen LogP contribution in [0.4, 0.5) is 8.96 Å². The third-order valence-corrected chi connectivity index (χ3v) is 0.239. The van der Waals surface area contributed by atoms with E-state index in [2.05, 4.69) is 0 Å². The lowest BCUT2D eigenvalue weighted by Crippen LogP contribution is -1.95. The van der Waals surface area contributed by atoms with Crippen molar-refractivity contribution in [2.45, 2.75) is 6.92 Å². The van der Waals surface area contributed by atoms with Crippen molar-refractivity contribution in [3.8, 4) is 0 Å². The van der Waals surface area contributed by atoms with Crippen LogP contribution in [0.1, 0.15) is 6.92 Å². The first-order valence-electron chi connectivity index (χ1n) is 1.36. The Bertz CT molecular complexity index is 25.5. The van der Waals surface area contributed by atoms with Crippen LogP contribution in [-0.2, 0) is 0 Å². The molecule has 0 heterocycles. The summed E-state index contributed by atoms with van der Waals surface area (Å²) in [5.74, 6) is 0. The normalized spacial score (nSPS) is 8.00. The summed E-state index contributed by atoms with van der Waals surface area (Å²) in [5, 5.41) is -0.875. The fraction of sp³-hybridized carbons (Fsp3) is 1.00. The zero-order chi connectivity index (χ0) is 4.28. The van der Waals surface area contributed by atoms with E-state index in [-0.39, 0.29) is 19.0 Å². The van der Waals surface area contributed by atoms with E-state index in [1.807, 2.05) is 0 Å². The van der Waals surface area contributed by atoms with Gasteiger partial charge in [0.05, 0.1) is 6.54 Å². The Balaban J connectivity index is 0. The van der Waals surface area contributed by atoms with Gasteiger partial charge in [-0.1, -0.05) is 0 Å². The first-order chi connectivity index (χ1) is 2.27. The Morgan fingerprint density at radius 1 is 1.50 bits per heavy atom. The molecular weight excluding hydrogens is 111 g/mol. The molecule has 0 aliphatic heterocycles. The molecule has 0 aromatic rings. The molecule has 0 bridgehead atoms. The van der Waals surface area contributed by atoms with Gasteiger partial charge in [-0.3, -0.25) is 0 Å². The molecule has 0 rings (SSSR count). The Kier molecular flexibility index (Phi) is 8.04. The van der Waals surface area contributed by atoms with Crippen molar-refractivity contribution in [3.05, 3.63) is 0 Å². The van der Waals surface area contributed by atoms with Gasteiger partial charge in [-0.15, -0.1) is 21.4 Å². The molecule has 0 saturated carbocycles. The van der Waals surface area contributed by atoms with E-state index in [9.17, 15) is 8.96 Å². The second-order valence-electron chi connectivity index (χ2n) is 0.619. The number of rotatable bonds is 1. The summed E-state index contributed by atoms with van der Waals surface area (Å²) in [6.45, 7) is 1.18. The molecule has 0 amide bonds. The maximum Gasteiger partial charge on any atom is 0.0591 e. The maximum absolute atomic E-state index is 10.6. The van der Waals surface area contributed by atoms with Crippen molar-refractivity contribution in [1.82, 2.24) is 5.34 Å². The van der Waals surface area contributed by atoms with Crippen molar-refractivity contribution in [2.24, 2.45) is 0 Å². The van der Waals surface area contributed by atoms with Crippen molar-refractivity contribution < 1.29 is 8.96 Å². The van der Waals surface area contributed by atoms with Gasteiger partial charge in [0, 0.05) is 5.34 Å². The summed E-state index contributed by atoms with van der Waals surface area (Å²) in [5.41, 5.74) is 0. The molecule has 6 heavy (non-hydrogen) atoms. The van der Waals surface area contributed by atoms with Gasteiger partial charge in [-0.2, -0.15) is 0 Å². The van der Waals surface area contributed by atoms with Gasteiger partial charge < -0.3 is 0 Å². The summed E-state index contributed by atoms with van der Waals surface area (Å²) in [6.07, 6.45) is 0. The van der Waals surface area contributed by atoms with Crippen molar-refractivity contribution in [2.75, 3.05) is 6.54 Å². The topological polar surface area (TPSA) is 3.24 Å². The predicted octanol–water partition coefficient (Wildman–Crippen LogP) is 1.50. The van der Waals surface area contributed by atoms with Gasteiger partial charge >= 0.3 is 0 Å². The number of hydrogen-bond donors (Lipinski definition) is 0. The minimum atomic E-state index is -0.875. The fourth-order valence-corrected chi connectivity index (χ4v) is 0. The predicted molar refractivity (Wildman–Crippen MR) is 21.8 cm³/mol. The third kappa shape index (κ3) is 8.93. The first kappa shape index (κ1) is 9.44. The second-order valence-corrected chi connectivity index (χ2v) is 0.619. The molecular formula is C2H6ClF2N. The standard InChI is InChI=1S/C2H5F2N.ClH/c1-2-5(3)4;/h2H2,1H3;1H. The van der Waals surface area contributed by atoms with Crippen LogP contribution in [0.25, 0.3) is 0 Å². The van der Waals surface area contributed by atoms with E-state index in [1.165, 1.54) is 6.92 Å². The minimum absolute atomic E-state index is 0. The van der Waals surface area contributed by atoms with E-state index in [1.54, 1.807) is 0 Å². The highest BCUT2D eigenvalue weighted by Gasteiger charge is 1.85. The van der Waals surface area contributed by atoms with Crippen LogP contribution < -0.4 is 0 Å². The first-order valence-corrected chi connectivity index (χ1v) is 1.36. The van der Waals surface area contributed by atoms with Crippen LogP contribution in [0, 0.1) is 0 Å². The van der Waals surface area contributed by atoms with Crippen LogP contribution in [0.2, 0.25) is 0 Å².